The van der Waals surface area contributed by atoms with Crippen molar-refractivity contribution in [1.82, 2.24) is 5.32 Å². The number of hydrogen-bond donors (Lipinski definition) is 1. The molecular formula is C12H23NO2S. The van der Waals surface area contributed by atoms with Gasteiger partial charge in [0.05, 0.1) is 6.10 Å². The first-order valence-corrected chi connectivity index (χ1v) is 7.30. The van der Waals surface area contributed by atoms with Gasteiger partial charge in [-0.15, -0.1) is 0 Å². The van der Waals surface area contributed by atoms with E-state index < -0.39 is 0 Å². The van der Waals surface area contributed by atoms with Crippen LogP contribution < -0.4 is 5.32 Å². The lowest BCUT2D eigenvalue weighted by atomic mass is 9.88. The van der Waals surface area contributed by atoms with Gasteiger partial charge >= 0.3 is 6.09 Å². The zero-order valence-electron chi connectivity index (χ0n) is 10.5. The number of alkyl carbamates (subject to hydrolysis) is 1. The van der Waals surface area contributed by atoms with Crippen molar-refractivity contribution in [3.63, 3.8) is 0 Å². The van der Waals surface area contributed by atoms with Crippen LogP contribution in [0, 0.1) is 0 Å². The van der Waals surface area contributed by atoms with Gasteiger partial charge < -0.3 is 10.1 Å². The van der Waals surface area contributed by atoms with Gasteiger partial charge in [-0.25, -0.2) is 4.79 Å². The zero-order valence-corrected chi connectivity index (χ0v) is 11.4. The second-order valence-electron chi connectivity index (χ2n) is 4.76. The number of thioether (sulfide) groups is 1. The van der Waals surface area contributed by atoms with Crippen LogP contribution in [-0.2, 0) is 4.74 Å². The van der Waals surface area contributed by atoms with Crippen LogP contribution >= 0.6 is 11.8 Å². The molecule has 1 N–H and O–H groups in total. The molecule has 0 spiro atoms. The molecule has 0 unspecified atom stereocenters. The van der Waals surface area contributed by atoms with Gasteiger partial charge in [0, 0.05) is 11.3 Å². The van der Waals surface area contributed by atoms with E-state index in [-0.39, 0.29) is 16.9 Å². The van der Waals surface area contributed by atoms with Crippen LogP contribution in [0.15, 0.2) is 0 Å². The quantitative estimate of drug-likeness (QED) is 0.826. The molecule has 0 aromatic carbocycles. The second-order valence-corrected chi connectivity index (χ2v) is 6.03. The lowest BCUT2D eigenvalue weighted by molar-refractivity contribution is 0.114. The molecule has 0 atom stereocenters. The Kier molecular flexibility index (Phi) is 5.46. The lowest BCUT2D eigenvalue weighted by Gasteiger charge is -2.35. The summed E-state index contributed by atoms with van der Waals surface area (Å²) in [5, 5.41) is 2.89. The van der Waals surface area contributed by atoms with E-state index in [4.69, 9.17) is 4.74 Å². The Morgan fingerprint density at radius 2 is 2.00 bits per heavy atom. The molecule has 1 aliphatic rings. The molecule has 4 heteroatoms. The smallest absolute Gasteiger partial charge is 0.407 e. The Labute approximate surface area is 103 Å². The molecule has 94 valence electrons. The average molecular weight is 245 g/mol. The van der Waals surface area contributed by atoms with Crippen LogP contribution in [0.4, 0.5) is 4.79 Å². The molecule has 0 radical (unpaired) electrons. The fraction of sp³-hybridized carbons (Fsp3) is 0.917. The number of rotatable bonds is 4. The SMILES string of the molecule is CSC1(CNC(=O)OC(C)C)CCCCC1. The molecule has 1 saturated carbocycles. The zero-order chi connectivity index (χ0) is 12.0. The minimum Gasteiger partial charge on any atom is -0.447 e. The maximum Gasteiger partial charge on any atom is 0.407 e. The Bertz CT molecular complexity index is 225. The minimum absolute atomic E-state index is 0.0448. The predicted octanol–water partition coefficient (Wildman–Crippen LogP) is 3.19. The standard InChI is InChI=1S/C12H23NO2S/c1-10(2)15-11(14)13-9-12(16-3)7-5-4-6-8-12/h10H,4-9H2,1-3H3,(H,13,14). The first-order valence-electron chi connectivity index (χ1n) is 6.08. The fourth-order valence-corrected chi connectivity index (χ4v) is 3.05. The van der Waals surface area contributed by atoms with Crippen LogP contribution in [0.3, 0.4) is 0 Å². The molecule has 3 nitrogen and oxygen atoms in total. The summed E-state index contributed by atoms with van der Waals surface area (Å²) < 4.78 is 5.32. The number of hydrogen-bond acceptors (Lipinski definition) is 3. The highest BCUT2D eigenvalue weighted by Gasteiger charge is 2.31. The first kappa shape index (κ1) is 13.7. The average Bonchev–Trinajstić information content (AvgIpc) is 2.27. The Hall–Kier alpha value is -0.380. The van der Waals surface area contributed by atoms with E-state index in [0.29, 0.717) is 0 Å². The van der Waals surface area contributed by atoms with Gasteiger partial charge in [0.15, 0.2) is 0 Å². The van der Waals surface area contributed by atoms with Crippen molar-refractivity contribution in [1.29, 1.82) is 0 Å². The summed E-state index contributed by atoms with van der Waals surface area (Å²) in [4.78, 5) is 11.4. The molecule has 1 fully saturated rings. The van der Waals surface area contributed by atoms with E-state index >= 15 is 0 Å². The number of nitrogens with one attached hydrogen (secondary N) is 1. The van der Waals surface area contributed by atoms with Crippen LogP contribution in [0.1, 0.15) is 46.0 Å². The fourth-order valence-electron chi connectivity index (χ4n) is 2.14. The lowest BCUT2D eigenvalue weighted by Crippen LogP contribution is -2.42. The molecular weight excluding hydrogens is 222 g/mol. The molecule has 1 rings (SSSR count). The molecule has 0 saturated heterocycles. The highest BCUT2D eigenvalue weighted by Crippen LogP contribution is 2.37. The van der Waals surface area contributed by atoms with Gasteiger partial charge in [-0.1, -0.05) is 19.3 Å². The van der Waals surface area contributed by atoms with Crippen molar-refractivity contribution in [2.75, 3.05) is 12.8 Å². The van der Waals surface area contributed by atoms with Gasteiger partial charge in [0.25, 0.3) is 0 Å². The van der Waals surface area contributed by atoms with E-state index in [1.165, 1.54) is 32.1 Å². The first-order chi connectivity index (χ1) is 7.58. The van der Waals surface area contributed by atoms with Gasteiger partial charge in [-0.05, 0) is 32.9 Å². The van der Waals surface area contributed by atoms with Crippen molar-refractivity contribution < 1.29 is 9.53 Å². The van der Waals surface area contributed by atoms with Crippen molar-refractivity contribution >= 4 is 17.9 Å². The monoisotopic (exact) mass is 245 g/mol. The predicted molar refractivity (Wildman–Crippen MR) is 69.0 cm³/mol. The maximum atomic E-state index is 11.4. The van der Waals surface area contributed by atoms with E-state index in [1.807, 2.05) is 25.6 Å². The maximum absolute atomic E-state index is 11.4. The third-order valence-corrected chi connectivity index (χ3v) is 4.51. The molecule has 0 heterocycles. The van der Waals surface area contributed by atoms with Gasteiger partial charge in [0.1, 0.15) is 0 Å². The van der Waals surface area contributed by atoms with Crippen LogP contribution in [0.25, 0.3) is 0 Å². The molecule has 0 aromatic heterocycles. The van der Waals surface area contributed by atoms with E-state index in [2.05, 4.69) is 11.6 Å². The summed E-state index contributed by atoms with van der Waals surface area (Å²) >= 11 is 1.88. The second kappa shape index (κ2) is 6.38. The minimum atomic E-state index is -0.283. The van der Waals surface area contributed by atoms with E-state index in [1.54, 1.807) is 0 Å². The van der Waals surface area contributed by atoms with E-state index in [0.717, 1.165) is 6.54 Å². The third-order valence-electron chi connectivity index (χ3n) is 3.10. The molecule has 1 aliphatic carbocycles. The Balaban J connectivity index is 2.35. The number of ether oxygens (including phenoxy) is 1. The summed E-state index contributed by atoms with van der Waals surface area (Å²) in [7, 11) is 0. The van der Waals surface area contributed by atoms with Crippen molar-refractivity contribution in [2.45, 2.75) is 56.8 Å². The molecule has 0 aliphatic heterocycles. The molecule has 0 aromatic rings. The summed E-state index contributed by atoms with van der Waals surface area (Å²) in [5.41, 5.74) is 0. The third kappa shape index (κ3) is 4.24. The van der Waals surface area contributed by atoms with Crippen LogP contribution in [0.5, 0.6) is 0 Å². The van der Waals surface area contributed by atoms with Crippen LogP contribution in [-0.4, -0.2) is 29.7 Å². The van der Waals surface area contributed by atoms with E-state index in [9.17, 15) is 4.79 Å². The molecule has 16 heavy (non-hydrogen) atoms. The van der Waals surface area contributed by atoms with Crippen molar-refractivity contribution in [3.05, 3.63) is 0 Å². The summed E-state index contributed by atoms with van der Waals surface area (Å²) in [6.07, 6.45) is 8.11. The highest BCUT2D eigenvalue weighted by atomic mass is 32.2. The van der Waals surface area contributed by atoms with Crippen molar-refractivity contribution in [3.8, 4) is 0 Å². The normalized spacial score (nSPS) is 19.5. The Morgan fingerprint density at radius 1 is 1.38 bits per heavy atom. The van der Waals surface area contributed by atoms with Gasteiger partial charge in [0.2, 0.25) is 0 Å². The van der Waals surface area contributed by atoms with Crippen LogP contribution in [0.2, 0.25) is 0 Å². The molecule has 0 bridgehead atoms. The summed E-state index contributed by atoms with van der Waals surface area (Å²) in [6.45, 7) is 4.47. The number of amides is 1. The Morgan fingerprint density at radius 3 is 2.50 bits per heavy atom. The van der Waals surface area contributed by atoms with Gasteiger partial charge in [-0.3, -0.25) is 0 Å². The summed E-state index contributed by atoms with van der Waals surface area (Å²) in [6, 6.07) is 0. The van der Waals surface area contributed by atoms with Crippen molar-refractivity contribution in [2.24, 2.45) is 0 Å². The number of carbonyl (C=O) groups excluding carboxylic acids is 1. The van der Waals surface area contributed by atoms with Gasteiger partial charge in [-0.2, -0.15) is 11.8 Å². The topological polar surface area (TPSA) is 38.3 Å². The molecule has 1 amide bonds. The number of carbonyl (C=O) groups is 1. The highest BCUT2D eigenvalue weighted by molar-refractivity contribution is 8.00. The largest absolute Gasteiger partial charge is 0.447 e. The summed E-state index contributed by atoms with van der Waals surface area (Å²) in [5.74, 6) is 0.